The van der Waals surface area contributed by atoms with Crippen molar-refractivity contribution in [1.29, 1.82) is 0 Å². The van der Waals surface area contributed by atoms with E-state index in [-0.39, 0.29) is 5.97 Å². The van der Waals surface area contributed by atoms with Gasteiger partial charge in [-0.25, -0.2) is 4.79 Å². The van der Waals surface area contributed by atoms with E-state index in [0.29, 0.717) is 5.56 Å². The van der Waals surface area contributed by atoms with Gasteiger partial charge in [-0.1, -0.05) is 42.5 Å². The maximum atomic E-state index is 11.7. The van der Waals surface area contributed by atoms with Gasteiger partial charge in [0.2, 0.25) is 0 Å². The minimum Gasteiger partial charge on any atom is -0.465 e. The zero-order chi connectivity index (χ0) is 14.8. The maximum Gasteiger partial charge on any atom is 0.337 e. The number of allylic oxidation sites excluding steroid dienone is 1. The van der Waals surface area contributed by atoms with Crippen molar-refractivity contribution in [2.45, 2.75) is 6.92 Å². The van der Waals surface area contributed by atoms with Gasteiger partial charge >= 0.3 is 5.97 Å². The highest BCUT2D eigenvalue weighted by Gasteiger charge is 2.09. The van der Waals surface area contributed by atoms with E-state index >= 15 is 0 Å². The van der Waals surface area contributed by atoms with Crippen molar-refractivity contribution in [1.82, 2.24) is 0 Å². The second-order valence-corrected chi connectivity index (χ2v) is 4.94. The molecule has 0 spiro atoms. The lowest BCUT2D eigenvalue weighted by Gasteiger charge is -2.09. The number of fused-ring (bicyclic) bond motifs is 3. The highest BCUT2D eigenvalue weighted by atomic mass is 16.5. The van der Waals surface area contributed by atoms with Crippen molar-refractivity contribution in [3.05, 3.63) is 65.7 Å². The molecular formula is C19H16O2. The summed E-state index contributed by atoms with van der Waals surface area (Å²) in [5.41, 5.74) is 1.76. The van der Waals surface area contributed by atoms with Crippen LogP contribution >= 0.6 is 0 Å². The highest BCUT2D eigenvalue weighted by Crippen LogP contribution is 2.30. The quantitative estimate of drug-likeness (QED) is 0.496. The fraction of sp³-hybridized carbons (Fsp3) is 0.105. The lowest BCUT2D eigenvalue weighted by molar-refractivity contribution is 0.0601. The smallest absolute Gasteiger partial charge is 0.337 e. The van der Waals surface area contributed by atoms with E-state index in [0.717, 1.165) is 16.2 Å². The second kappa shape index (κ2) is 5.41. The molecule has 0 saturated carbocycles. The molecule has 3 aromatic carbocycles. The van der Waals surface area contributed by atoms with Crippen molar-refractivity contribution in [2.75, 3.05) is 7.11 Å². The Morgan fingerprint density at radius 3 is 2.48 bits per heavy atom. The van der Waals surface area contributed by atoms with Gasteiger partial charge in [0.1, 0.15) is 0 Å². The molecule has 0 N–H and O–H groups in total. The fourth-order valence-electron chi connectivity index (χ4n) is 2.69. The lowest BCUT2D eigenvalue weighted by atomic mass is 9.95. The number of benzene rings is 3. The Morgan fingerprint density at radius 1 is 1.00 bits per heavy atom. The van der Waals surface area contributed by atoms with Crippen LogP contribution in [0.3, 0.4) is 0 Å². The molecule has 0 saturated heterocycles. The van der Waals surface area contributed by atoms with Crippen LogP contribution in [0.5, 0.6) is 0 Å². The topological polar surface area (TPSA) is 26.3 Å². The summed E-state index contributed by atoms with van der Waals surface area (Å²) in [6.07, 6.45) is 4.15. The molecule has 0 atom stereocenters. The zero-order valence-electron chi connectivity index (χ0n) is 12.1. The predicted molar refractivity (Wildman–Crippen MR) is 87.5 cm³/mol. The molecule has 0 amide bonds. The van der Waals surface area contributed by atoms with Gasteiger partial charge in [0.15, 0.2) is 0 Å². The maximum absolute atomic E-state index is 11.7. The molecule has 0 heterocycles. The molecule has 2 nitrogen and oxygen atoms in total. The van der Waals surface area contributed by atoms with Gasteiger partial charge in [-0.05, 0) is 52.2 Å². The van der Waals surface area contributed by atoms with E-state index in [1.54, 1.807) is 0 Å². The third-order valence-electron chi connectivity index (χ3n) is 3.66. The van der Waals surface area contributed by atoms with Gasteiger partial charge in [0.05, 0.1) is 12.7 Å². The van der Waals surface area contributed by atoms with Crippen molar-refractivity contribution in [2.24, 2.45) is 0 Å². The van der Waals surface area contributed by atoms with E-state index in [4.69, 9.17) is 4.74 Å². The molecule has 0 unspecified atom stereocenters. The van der Waals surface area contributed by atoms with Crippen molar-refractivity contribution < 1.29 is 9.53 Å². The minimum absolute atomic E-state index is 0.307. The third-order valence-corrected chi connectivity index (χ3v) is 3.66. The van der Waals surface area contributed by atoms with Gasteiger partial charge in [-0.15, -0.1) is 0 Å². The van der Waals surface area contributed by atoms with Gasteiger partial charge in [0.25, 0.3) is 0 Å². The van der Waals surface area contributed by atoms with E-state index in [1.807, 2.05) is 43.3 Å². The van der Waals surface area contributed by atoms with Crippen molar-refractivity contribution >= 4 is 33.6 Å². The molecule has 0 radical (unpaired) electrons. The van der Waals surface area contributed by atoms with Gasteiger partial charge < -0.3 is 4.74 Å². The molecule has 2 heteroatoms. The molecule has 0 aliphatic carbocycles. The van der Waals surface area contributed by atoms with Crippen molar-refractivity contribution in [3.8, 4) is 0 Å². The Balaban J connectivity index is 2.39. The molecule has 0 aromatic heterocycles. The van der Waals surface area contributed by atoms with Crippen LogP contribution in [0.2, 0.25) is 0 Å². The molecule has 0 aliphatic heterocycles. The first-order valence-corrected chi connectivity index (χ1v) is 6.91. The molecule has 104 valence electrons. The lowest BCUT2D eigenvalue weighted by Crippen LogP contribution is -2.00. The Morgan fingerprint density at radius 2 is 1.76 bits per heavy atom. The van der Waals surface area contributed by atoms with E-state index in [1.165, 1.54) is 18.1 Å². The summed E-state index contributed by atoms with van der Waals surface area (Å²) in [4.78, 5) is 11.7. The van der Waals surface area contributed by atoms with Crippen molar-refractivity contribution in [3.63, 3.8) is 0 Å². The molecular weight excluding hydrogens is 260 g/mol. The summed E-state index contributed by atoms with van der Waals surface area (Å²) in [7, 11) is 1.40. The van der Waals surface area contributed by atoms with Crippen LogP contribution in [0.15, 0.2) is 54.6 Å². The van der Waals surface area contributed by atoms with E-state index in [2.05, 4.69) is 24.3 Å². The van der Waals surface area contributed by atoms with Crippen LogP contribution < -0.4 is 0 Å². The average Bonchev–Trinajstić information content (AvgIpc) is 2.54. The number of ether oxygens (including phenoxy) is 1. The summed E-state index contributed by atoms with van der Waals surface area (Å²) in [6, 6.07) is 16.1. The summed E-state index contributed by atoms with van der Waals surface area (Å²) in [5.74, 6) is -0.307. The van der Waals surface area contributed by atoms with Crippen LogP contribution in [0.25, 0.3) is 27.6 Å². The Hall–Kier alpha value is -2.61. The summed E-state index contributed by atoms with van der Waals surface area (Å²) >= 11 is 0. The monoisotopic (exact) mass is 276 g/mol. The Kier molecular flexibility index (Phi) is 3.44. The van der Waals surface area contributed by atoms with Gasteiger partial charge in [-0.2, -0.15) is 0 Å². The molecule has 0 fully saturated rings. The van der Waals surface area contributed by atoms with Crippen LogP contribution in [0.4, 0.5) is 0 Å². The summed E-state index contributed by atoms with van der Waals surface area (Å²) in [5, 5.41) is 4.52. The molecule has 21 heavy (non-hydrogen) atoms. The number of hydrogen-bond acceptors (Lipinski definition) is 2. The first kappa shape index (κ1) is 13.4. The number of carbonyl (C=O) groups is 1. The Bertz CT molecular complexity index is 860. The number of rotatable bonds is 2. The standard InChI is InChI=1S/C19H16O2/c1-3-6-13-11-14-9-10-15(19(20)21-2)12-18(14)17-8-5-4-7-16(13)17/h3-12H,1-2H3/b6-3+. The van der Waals surface area contributed by atoms with Gasteiger partial charge in [-0.3, -0.25) is 0 Å². The number of carbonyl (C=O) groups excluding carboxylic acids is 1. The SMILES string of the molecule is C/C=C/c1cc2ccc(C(=O)OC)cc2c2ccccc12. The van der Waals surface area contributed by atoms with Crippen LogP contribution in [0.1, 0.15) is 22.8 Å². The summed E-state index contributed by atoms with van der Waals surface area (Å²) < 4.78 is 4.81. The zero-order valence-corrected chi connectivity index (χ0v) is 12.1. The highest BCUT2D eigenvalue weighted by molar-refractivity contribution is 6.12. The molecule has 3 aromatic rings. The number of esters is 1. The minimum atomic E-state index is -0.307. The molecule has 0 bridgehead atoms. The molecule has 3 rings (SSSR count). The predicted octanol–water partition coefficient (Wildman–Crippen LogP) is 4.81. The summed E-state index contributed by atoms with van der Waals surface area (Å²) in [6.45, 7) is 2.01. The van der Waals surface area contributed by atoms with Crippen LogP contribution in [0, 0.1) is 0 Å². The average molecular weight is 276 g/mol. The Labute approximate surface area is 123 Å². The first-order valence-electron chi connectivity index (χ1n) is 6.91. The fourth-order valence-corrected chi connectivity index (χ4v) is 2.69. The largest absolute Gasteiger partial charge is 0.465 e. The van der Waals surface area contributed by atoms with Crippen LogP contribution in [-0.2, 0) is 4.74 Å². The third kappa shape index (κ3) is 2.29. The van der Waals surface area contributed by atoms with Crippen LogP contribution in [-0.4, -0.2) is 13.1 Å². The number of methoxy groups -OCH3 is 1. The number of hydrogen-bond donors (Lipinski definition) is 0. The normalized spacial score (nSPS) is 11.3. The molecule has 0 aliphatic rings. The first-order chi connectivity index (χ1) is 10.2. The second-order valence-electron chi connectivity index (χ2n) is 4.94. The van der Waals surface area contributed by atoms with E-state index < -0.39 is 0 Å². The van der Waals surface area contributed by atoms with Gasteiger partial charge in [0, 0.05) is 0 Å². The van der Waals surface area contributed by atoms with E-state index in [9.17, 15) is 4.79 Å².